The topological polar surface area (TPSA) is 43.4 Å². The van der Waals surface area contributed by atoms with Gasteiger partial charge in [0.05, 0.1) is 24.7 Å². The molecular formula is C20H36O3PS+. The first kappa shape index (κ1) is 22.6. The Labute approximate surface area is 156 Å². The van der Waals surface area contributed by atoms with Gasteiger partial charge in [-0.1, -0.05) is 63.9 Å². The van der Waals surface area contributed by atoms with Crippen molar-refractivity contribution >= 4 is 17.6 Å². The molecule has 0 aliphatic heterocycles. The third kappa shape index (κ3) is 9.72. The van der Waals surface area contributed by atoms with Gasteiger partial charge in [0.15, 0.2) is 7.49 Å². The molecule has 1 aromatic carbocycles. The fourth-order valence-electron chi connectivity index (χ4n) is 3.20. The molecule has 0 radical (unpaired) electrons. The molecule has 144 valence electrons. The molecule has 0 heterocycles. The molecule has 1 rings (SSSR count). The second-order valence-corrected chi connectivity index (χ2v) is 12.8. The fraction of sp³-hybridized carbons (Fsp3) is 0.700. The highest BCUT2D eigenvalue weighted by Crippen LogP contribution is 2.63. The average Bonchev–Trinajstić information content (AvgIpc) is 2.56. The Morgan fingerprint density at radius 2 is 1.56 bits per heavy atom. The maximum absolute atomic E-state index is 11.9. The van der Waals surface area contributed by atoms with Crippen LogP contribution in [0.1, 0.15) is 58.4 Å². The lowest BCUT2D eigenvalue weighted by atomic mass is 9.99. The van der Waals surface area contributed by atoms with Crippen molar-refractivity contribution in [3.8, 4) is 0 Å². The van der Waals surface area contributed by atoms with Crippen LogP contribution >= 0.6 is 7.49 Å². The van der Waals surface area contributed by atoms with Crippen molar-refractivity contribution in [3.05, 3.63) is 35.9 Å². The van der Waals surface area contributed by atoms with E-state index in [2.05, 4.69) is 45.0 Å². The maximum Gasteiger partial charge on any atom is 0.296 e. The van der Waals surface area contributed by atoms with Crippen molar-refractivity contribution in [1.82, 2.24) is 0 Å². The van der Waals surface area contributed by atoms with Crippen LogP contribution in [-0.2, 0) is 20.5 Å². The van der Waals surface area contributed by atoms with Crippen LogP contribution in [0.4, 0.5) is 0 Å². The van der Waals surface area contributed by atoms with E-state index in [0.29, 0.717) is 5.92 Å². The maximum atomic E-state index is 11.9. The largest absolute Gasteiger partial charge is 0.296 e. The quantitative estimate of drug-likeness (QED) is 0.404. The highest BCUT2D eigenvalue weighted by molar-refractivity contribution is 7.93. The van der Waals surface area contributed by atoms with Crippen molar-refractivity contribution in [2.45, 2.75) is 59.3 Å². The van der Waals surface area contributed by atoms with E-state index in [0.717, 1.165) is 57.0 Å². The Kier molecular flexibility index (Phi) is 10.2. The fourth-order valence-corrected chi connectivity index (χ4v) is 9.76. The minimum atomic E-state index is -3.40. The molecule has 0 saturated carbocycles. The number of rotatable bonds is 13. The molecule has 0 fully saturated rings. The lowest BCUT2D eigenvalue weighted by molar-refractivity contribution is 0.496. The third-order valence-corrected chi connectivity index (χ3v) is 10.3. The van der Waals surface area contributed by atoms with Gasteiger partial charge in [-0.05, 0) is 37.2 Å². The van der Waals surface area contributed by atoms with E-state index in [-0.39, 0.29) is 0 Å². The monoisotopic (exact) mass is 387 g/mol. The van der Waals surface area contributed by atoms with E-state index in [1.807, 2.05) is 6.07 Å². The summed E-state index contributed by atoms with van der Waals surface area (Å²) < 4.78 is 29.6. The summed E-state index contributed by atoms with van der Waals surface area (Å²) in [7, 11) is -5.30. The molecule has 0 spiro atoms. The molecule has 0 N–H and O–H groups in total. The van der Waals surface area contributed by atoms with Crippen LogP contribution in [0, 0.1) is 5.92 Å². The van der Waals surface area contributed by atoms with Crippen LogP contribution in [-0.4, -0.2) is 33.2 Å². The van der Waals surface area contributed by atoms with Crippen molar-refractivity contribution in [2.75, 3.05) is 24.7 Å². The lowest BCUT2D eigenvalue weighted by Gasteiger charge is -2.25. The molecule has 0 aromatic heterocycles. The Balaban J connectivity index is 2.78. The summed E-state index contributed by atoms with van der Waals surface area (Å²) in [6.07, 6.45) is 10.4. The van der Waals surface area contributed by atoms with Crippen LogP contribution in [0.2, 0.25) is 0 Å². The molecule has 3 nitrogen and oxygen atoms in total. The predicted molar refractivity (Wildman–Crippen MR) is 111 cm³/mol. The molecule has 0 bridgehead atoms. The summed E-state index contributed by atoms with van der Waals surface area (Å²) in [5.41, 5.74) is 1.35. The van der Waals surface area contributed by atoms with Crippen LogP contribution in [0.5, 0.6) is 0 Å². The van der Waals surface area contributed by atoms with E-state index in [9.17, 15) is 8.42 Å². The van der Waals surface area contributed by atoms with Gasteiger partial charge in [0.25, 0.3) is 10.1 Å². The number of unbranched alkanes of at least 4 members (excludes halogenated alkanes) is 2. The predicted octanol–water partition coefficient (Wildman–Crippen LogP) is 5.76. The highest BCUT2D eigenvalue weighted by atomic mass is 32.2. The highest BCUT2D eigenvalue weighted by Gasteiger charge is 2.42. The zero-order valence-electron chi connectivity index (χ0n) is 16.4. The first-order valence-corrected chi connectivity index (χ1v) is 13.7. The number of benzene rings is 1. The van der Waals surface area contributed by atoms with Crippen molar-refractivity contribution < 1.29 is 12.4 Å². The molecule has 1 atom stereocenters. The van der Waals surface area contributed by atoms with Gasteiger partial charge in [-0.25, -0.2) is 0 Å². The van der Waals surface area contributed by atoms with Gasteiger partial charge in [0.2, 0.25) is 0 Å². The standard InChI is InChI=1S/C20H36O3PS/c1-5-7-15-24(16-8-6-2,23-25(4,21)22)17-14-19(3)18-20-12-10-9-11-13-20/h9-13,19H,5-8,14-18H2,1-4H3/q+1. The Hall–Kier alpha value is -0.440. The SMILES string of the molecule is CCCC[P+](CCCC)(CCC(C)Cc1ccccc1)OS(C)(=O)=O. The van der Waals surface area contributed by atoms with E-state index >= 15 is 0 Å². The van der Waals surface area contributed by atoms with Crippen molar-refractivity contribution in [3.63, 3.8) is 0 Å². The van der Waals surface area contributed by atoms with E-state index in [1.165, 1.54) is 11.8 Å². The van der Waals surface area contributed by atoms with Gasteiger partial charge < -0.3 is 0 Å². The Morgan fingerprint density at radius 3 is 2.04 bits per heavy atom. The van der Waals surface area contributed by atoms with E-state index < -0.39 is 17.6 Å². The summed E-state index contributed by atoms with van der Waals surface area (Å²) in [5, 5.41) is 0. The zero-order valence-corrected chi connectivity index (χ0v) is 18.1. The van der Waals surface area contributed by atoms with Gasteiger partial charge in [0.1, 0.15) is 0 Å². The van der Waals surface area contributed by atoms with Crippen LogP contribution in [0.15, 0.2) is 30.3 Å². The smallest absolute Gasteiger partial charge is 0.197 e. The second-order valence-electron chi connectivity index (χ2n) is 7.30. The minimum Gasteiger partial charge on any atom is -0.197 e. The molecule has 0 aliphatic carbocycles. The van der Waals surface area contributed by atoms with Crippen LogP contribution in [0.3, 0.4) is 0 Å². The van der Waals surface area contributed by atoms with Crippen LogP contribution < -0.4 is 0 Å². The summed E-state index contributed by atoms with van der Waals surface area (Å²) in [5.74, 6) is 0.535. The number of hydrogen-bond donors (Lipinski definition) is 0. The summed E-state index contributed by atoms with van der Waals surface area (Å²) >= 11 is 0. The molecule has 0 saturated heterocycles. The van der Waals surface area contributed by atoms with Gasteiger partial charge in [0, 0.05) is 0 Å². The molecular weight excluding hydrogens is 351 g/mol. The molecule has 1 unspecified atom stereocenters. The second kappa shape index (κ2) is 11.3. The Bertz CT molecular complexity index is 564. The third-order valence-electron chi connectivity index (χ3n) is 4.59. The number of hydrogen-bond acceptors (Lipinski definition) is 3. The van der Waals surface area contributed by atoms with Gasteiger partial charge >= 0.3 is 0 Å². The summed E-state index contributed by atoms with van der Waals surface area (Å²) in [6.45, 7) is 6.59. The van der Waals surface area contributed by atoms with Gasteiger partial charge in [-0.2, -0.15) is 8.42 Å². The Morgan fingerprint density at radius 1 is 1.00 bits per heavy atom. The average molecular weight is 388 g/mol. The normalized spacial score (nSPS) is 13.8. The van der Waals surface area contributed by atoms with Gasteiger partial charge in [-0.15, -0.1) is 3.97 Å². The summed E-state index contributed by atoms with van der Waals surface area (Å²) in [4.78, 5) is 0. The van der Waals surface area contributed by atoms with Crippen molar-refractivity contribution in [1.29, 1.82) is 0 Å². The van der Waals surface area contributed by atoms with E-state index in [1.54, 1.807) is 0 Å². The molecule has 0 aliphatic rings. The van der Waals surface area contributed by atoms with Crippen molar-refractivity contribution in [2.24, 2.45) is 5.92 Å². The minimum absolute atomic E-state index is 0.535. The zero-order chi connectivity index (χ0) is 18.8. The molecule has 25 heavy (non-hydrogen) atoms. The molecule has 5 heteroatoms. The first-order valence-electron chi connectivity index (χ1n) is 9.61. The molecule has 0 amide bonds. The summed E-state index contributed by atoms with van der Waals surface area (Å²) in [6, 6.07) is 10.5. The van der Waals surface area contributed by atoms with Gasteiger partial charge in [-0.3, -0.25) is 0 Å². The molecule has 1 aromatic rings. The van der Waals surface area contributed by atoms with E-state index in [4.69, 9.17) is 3.97 Å². The lowest BCUT2D eigenvalue weighted by Crippen LogP contribution is -2.17. The first-order chi connectivity index (χ1) is 11.8. The van der Waals surface area contributed by atoms with Crippen LogP contribution in [0.25, 0.3) is 0 Å².